The van der Waals surface area contributed by atoms with Crippen molar-refractivity contribution in [2.24, 2.45) is 11.8 Å². The molecule has 1 spiro atoms. The van der Waals surface area contributed by atoms with Crippen molar-refractivity contribution in [3.8, 4) is 0 Å². The smallest absolute Gasteiger partial charge is 0.248 e. The summed E-state index contributed by atoms with van der Waals surface area (Å²) in [5.74, 6) is -2.27. The average Bonchev–Trinajstić information content (AvgIpc) is 3.61. The summed E-state index contributed by atoms with van der Waals surface area (Å²) >= 11 is 0. The van der Waals surface area contributed by atoms with Crippen LogP contribution in [0.25, 0.3) is 0 Å². The van der Waals surface area contributed by atoms with E-state index < -0.39 is 29.1 Å². The number of likely N-dealkylation sites (tertiary alicyclic amines) is 1. The summed E-state index contributed by atoms with van der Waals surface area (Å²) in [6.45, 7) is 10.7. The van der Waals surface area contributed by atoms with Crippen LogP contribution in [0.15, 0.2) is 86.0 Å². The number of carbonyl (C=O) groups excluding carboxylic acids is 3. The average molecular weight is 572 g/mol. The van der Waals surface area contributed by atoms with Gasteiger partial charge in [0.15, 0.2) is 0 Å². The number of nitrogens with zero attached hydrogens (tertiary/aromatic N) is 3. The Labute approximate surface area is 248 Å². The molecule has 3 heterocycles. The van der Waals surface area contributed by atoms with E-state index in [9.17, 15) is 19.5 Å². The first-order chi connectivity index (χ1) is 20.4. The van der Waals surface area contributed by atoms with E-state index in [4.69, 9.17) is 4.74 Å². The van der Waals surface area contributed by atoms with E-state index in [1.54, 1.807) is 22.0 Å². The molecular formula is C34H41N3O5. The van der Waals surface area contributed by atoms with Gasteiger partial charge in [-0.3, -0.25) is 14.4 Å². The van der Waals surface area contributed by atoms with Gasteiger partial charge in [0.2, 0.25) is 17.7 Å². The molecule has 3 amide bonds. The fraction of sp³-hybridized carbons (Fsp3) is 0.441. The number of hydrogen-bond donors (Lipinski definition) is 1. The number of ether oxygens (including phenoxy) is 1. The standard InChI is InChI=1S/C34H41N3O5/c1-4-19-35(23-25-13-9-7-10-14-25)30(39)27-28-31(40)37(21-22-38)29(34(28)18-17-33(27,6-3)42-34)32(41)36(20-5-2)24-26-15-11-8-12-16-26/h4-5,7-16,27-29,38H,1-2,6,17-24H2,3H3/t27-,28-,29?,33+,34?/m0/s1. The highest BCUT2D eigenvalue weighted by Crippen LogP contribution is 2.64. The molecule has 1 N–H and O–H groups in total. The molecule has 2 aromatic carbocycles. The molecule has 2 aromatic rings. The van der Waals surface area contributed by atoms with Gasteiger partial charge in [-0.05, 0) is 30.4 Å². The molecule has 3 saturated heterocycles. The first-order valence-corrected chi connectivity index (χ1v) is 14.8. The van der Waals surface area contributed by atoms with E-state index in [0.717, 1.165) is 11.1 Å². The van der Waals surface area contributed by atoms with Gasteiger partial charge < -0.3 is 24.5 Å². The van der Waals surface area contributed by atoms with Crippen LogP contribution in [0.5, 0.6) is 0 Å². The first kappa shape index (κ1) is 29.7. The van der Waals surface area contributed by atoms with Crippen LogP contribution in [0.4, 0.5) is 0 Å². The molecule has 3 fully saturated rings. The molecule has 0 aliphatic carbocycles. The Balaban J connectivity index is 1.53. The van der Waals surface area contributed by atoms with Crippen molar-refractivity contribution in [3.05, 3.63) is 97.1 Å². The number of rotatable bonds is 13. The minimum absolute atomic E-state index is 0.00939. The highest BCUT2D eigenvalue weighted by molar-refractivity contribution is 5.99. The summed E-state index contributed by atoms with van der Waals surface area (Å²) in [5, 5.41) is 9.98. The molecule has 8 heteroatoms. The second-order valence-corrected chi connectivity index (χ2v) is 11.6. The maximum atomic E-state index is 14.5. The van der Waals surface area contributed by atoms with Gasteiger partial charge in [0.1, 0.15) is 11.6 Å². The van der Waals surface area contributed by atoms with Gasteiger partial charge in [0.25, 0.3) is 0 Å². The highest BCUT2D eigenvalue weighted by atomic mass is 16.5. The normalized spacial score (nSPS) is 27.5. The summed E-state index contributed by atoms with van der Waals surface area (Å²) in [5.41, 5.74) is -0.0659. The molecule has 42 heavy (non-hydrogen) atoms. The molecule has 3 aliphatic heterocycles. The second-order valence-electron chi connectivity index (χ2n) is 11.6. The predicted molar refractivity (Wildman–Crippen MR) is 160 cm³/mol. The Bertz CT molecular complexity index is 1320. The molecule has 5 rings (SSSR count). The predicted octanol–water partition coefficient (Wildman–Crippen LogP) is 3.56. The van der Waals surface area contributed by atoms with Crippen molar-refractivity contribution in [2.45, 2.75) is 56.5 Å². The Hall–Kier alpha value is -3.75. The van der Waals surface area contributed by atoms with Gasteiger partial charge in [-0.1, -0.05) is 79.7 Å². The van der Waals surface area contributed by atoms with Crippen molar-refractivity contribution >= 4 is 17.7 Å². The monoisotopic (exact) mass is 571 g/mol. The van der Waals surface area contributed by atoms with Crippen LogP contribution in [0.2, 0.25) is 0 Å². The van der Waals surface area contributed by atoms with Crippen molar-refractivity contribution in [2.75, 3.05) is 26.2 Å². The molecule has 2 bridgehead atoms. The van der Waals surface area contributed by atoms with Crippen LogP contribution >= 0.6 is 0 Å². The van der Waals surface area contributed by atoms with E-state index in [1.807, 2.05) is 67.6 Å². The lowest BCUT2D eigenvalue weighted by Crippen LogP contribution is -2.56. The number of aliphatic hydroxyl groups is 1. The molecule has 0 radical (unpaired) electrons. The van der Waals surface area contributed by atoms with Crippen molar-refractivity contribution in [3.63, 3.8) is 0 Å². The van der Waals surface area contributed by atoms with Crippen molar-refractivity contribution < 1.29 is 24.2 Å². The third-order valence-electron chi connectivity index (χ3n) is 9.28. The maximum absolute atomic E-state index is 14.5. The van der Waals surface area contributed by atoms with Gasteiger partial charge in [-0.15, -0.1) is 13.2 Å². The fourth-order valence-electron chi connectivity index (χ4n) is 7.47. The summed E-state index contributed by atoms with van der Waals surface area (Å²) in [6.07, 6.45) is 4.98. The maximum Gasteiger partial charge on any atom is 0.248 e. The van der Waals surface area contributed by atoms with Crippen LogP contribution in [0.1, 0.15) is 37.3 Å². The molecular weight excluding hydrogens is 530 g/mol. The summed E-state index contributed by atoms with van der Waals surface area (Å²) < 4.78 is 6.90. The lowest BCUT2D eigenvalue weighted by Gasteiger charge is -2.37. The third-order valence-corrected chi connectivity index (χ3v) is 9.28. The van der Waals surface area contributed by atoms with E-state index in [1.165, 1.54) is 4.90 Å². The first-order valence-electron chi connectivity index (χ1n) is 14.8. The van der Waals surface area contributed by atoms with Gasteiger partial charge >= 0.3 is 0 Å². The second kappa shape index (κ2) is 12.2. The van der Waals surface area contributed by atoms with Crippen LogP contribution < -0.4 is 0 Å². The topological polar surface area (TPSA) is 90.4 Å². The summed E-state index contributed by atoms with van der Waals surface area (Å²) in [6, 6.07) is 18.5. The quantitative estimate of drug-likeness (QED) is 0.372. The number of aliphatic hydroxyl groups excluding tert-OH is 1. The molecule has 0 saturated carbocycles. The lowest BCUT2D eigenvalue weighted by atomic mass is 9.64. The molecule has 222 valence electrons. The van der Waals surface area contributed by atoms with E-state index >= 15 is 0 Å². The number of hydrogen-bond acceptors (Lipinski definition) is 5. The van der Waals surface area contributed by atoms with Gasteiger partial charge in [0.05, 0.1) is 24.0 Å². The molecule has 8 nitrogen and oxygen atoms in total. The summed E-state index contributed by atoms with van der Waals surface area (Å²) in [4.78, 5) is 48.1. The zero-order valence-electron chi connectivity index (χ0n) is 24.4. The lowest BCUT2D eigenvalue weighted by molar-refractivity contribution is -0.155. The number of benzene rings is 2. The Morgan fingerprint density at radius 2 is 1.50 bits per heavy atom. The summed E-state index contributed by atoms with van der Waals surface area (Å²) in [7, 11) is 0. The minimum Gasteiger partial charge on any atom is -0.395 e. The number of β-amino-alcohol motifs (C(OH)–C–C–N with tert-alkyl or cyclic N) is 1. The minimum atomic E-state index is -1.15. The van der Waals surface area contributed by atoms with E-state index in [-0.39, 0.29) is 37.4 Å². The SMILES string of the molecule is C=CCN(Cc1ccccc1)C(=O)C1N(CCO)C(=O)[C@@H]2[C@@H](C(=O)N(CC=C)Cc3ccccc3)[C@@]3(CC)CCC12O3. The third kappa shape index (κ3) is 4.96. The van der Waals surface area contributed by atoms with Gasteiger partial charge in [0, 0.05) is 32.7 Å². The Kier molecular flexibility index (Phi) is 8.66. The Morgan fingerprint density at radius 1 is 0.952 bits per heavy atom. The largest absolute Gasteiger partial charge is 0.395 e. The molecule has 0 aromatic heterocycles. The number of fused-ring (bicyclic) bond motifs is 1. The zero-order chi connectivity index (χ0) is 29.9. The Morgan fingerprint density at radius 3 is 2.00 bits per heavy atom. The number of carbonyl (C=O) groups is 3. The number of amides is 3. The molecule has 3 aliphatic rings. The van der Waals surface area contributed by atoms with Crippen LogP contribution in [0.3, 0.4) is 0 Å². The van der Waals surface area contributed by atoms with Gasteiger partial charge in [-0.2, -0.15) is 0 Å². The van der Waals surface area contributed by atoms with Crippen molar-refractivity contribution in [1.82, 2.24) is 14.7 Å². The van der Waals surface area contributed by atoms with Gasteiger partial charge in [-0.25, -0.2) is 0 Å². The van der Waals surface area contributed by atoms with Crippen LogP contribution in [-0.2, 0) is 32.2 Å². The zero-order valence-corrected chi connectivity index (χ0v) is 24.4. The fourth-order valence-corrected chi connectivity index (χ4v) is 7.47. The van der Waals surface area contributed by atoms with Crippen LogP contribution in [0, 0.1) is 11.8 Å². The van der Waals surface area contributed by atoms with E-state index in [0.29, 0.717) is 38.9 Å². The van der Waals surface area contributed by atoms with E-state index in [2.05, 4.69) is 13.2 Å². The highest BCUT2D eigenvalue weighted by Gasteiger charge is 2.79. The molecule has 2 unspecified atom stereocenters. The van der Waals surface area contributed by atoms with Crippen LogP contribution in [-0.4, -0.2) is 81.0 Å². The molecule has 5 atom stereocenters. The van der Waals surface area contributed by atoms with Crippen molar-refractivity contribution in [1.29, 1.82) is 0 Å².